The Morgan fingerprint density at radius 3 is 2.50 bits per heavy atom. The van der Waals surface area contributed by atoms with Gasteiger partial charge in [0.25, 0.3) is 0 Å². The molecule has 0 aromatic heterocycles. The molecule has 2 atom stereocenters. The summed E-state index contributed by atoms with van der Waals surface area (Å²) in [4.78, 5) is 11.0. The number of aliphatic carboxylic acids is 1. The van der Waals surface area contributed by atoms with Crippen molar-refractivity contribution in [1.29, 1.82) is 0 Å². The molecule has 0 aliphatic carbocycles. The van der Waals surface area contributed by atoms with Gasteiger partial charge in [-0.3, -0.25) is 4.79 Å². The van der Waals surface area contributed by atoms with Gasteiger partial charge in [-0.1, -0.05) is 29.8 Å². The Kier molecular flexibility index (Phi) is 4.33. The molecule has 4 heteroatoms. The number of hydrogen-bond donors (Lipinski definition) is 2. The molecule has 0 radical (unpaired) electrons. The maximum Gasteiger partial charge on any atom is 0.308 e. The first-order valence-electron chi connectivity index (χ1n) is 5.18. The molecular weight excluding hydrogens is 226 g/mol. The second-order valence-corrected chi connectivity index (χ2v) is 4.12. The van der Waals surface area contributed by atoms with Crippen LogP contribution in [0.15, 0.2) is 24.3 Å². The second kappa shape index (κ2) is 5.32. The highest BCUT2D eigenvalue weighted by Gasteiger charge is 2.33. The lowest BCUT2D eigenvalue weighted by molar-refractivity contribution is -0.141. The fourth-order valence-corrected chi connectivity index (χ4v) is 2.10. The summed E-state index contributed by atoms with van der Waals surface area (Å²) in [6.45, 7) is 3.37. The summed E-state index contributed by atoms with van der Waals surface area (Å²) in [6, 6.07) is 8.13. The van der Waals surface area contributed by atoms with Gasteiger partial charge in [-0.2, -0.15) is 0 Å². The van der Waals surface area contributed by atoms with E-state index in [1.54, 1.807) is 0 Å². The van der Waals surface area contributed by atoms with E-state index < -0.39 is 5.97 Å². The van der Waals surface area contributed by atoms with E-state index in [4.69, 9.17) is 5.11 Å². The van der Waals surface area contributed by atoms with Gasteiger partial charge in [0.05, 0.1) is 5.92 Å². The summed E-state index contributed by atoms with van der Waals surface area (Å²) in [5.74, 6) is -0.874. The molecule has 16 heavy (non-hydrogen) atoms. The SMILES string of the molecule is Cc1ccc(C2CNCC2C(=O)O)cc1.Cl. The van der Waals surface area contributed by atoms with E-state index in [0.29, 0.717) is 6.54 Å². The van der Waals surface area contributed by atoms with Crippen LogP contribution in [0.5, 0.6) is 0 Å². The lowest BCUT2D eigenvalue weighted by Gasteiger charge is -2.14. The van der Waals surface area contributed by atoms with Crippen molar-refractivity contribution in [2.24, 2.45) is 5.92 Å². The molecule has 1 aliphatic heterocycles. The maximum absolute atomic E-state index is 11.0. The number of halogens is 1. The summed E-state index contributed by atoms with van der Waals surface area (Å²) in [7, 11) is 0. The van der Waals surface area contributed by atoms with Gasteiger partial charge in [0.1, 0.15) is 0 Å². The van der Waals surface area contributed by atoms with Crippen molar-refractivity contribution in [3.8, 4) is 0 Å². The third-order valence-corrected chi connectivity index (χ3v) is 3.04. The largest absolute Gasteiger partial charge is 0.481 e. The number of nitrogens with one attached hydrogen (secondary N) is 1. The highest BCUT2D eigenvalue weighted by atomic mass is 35.5. The summed E-state index contributed by atoms with van der Waals surface area (Å²) >= 11 is 0. The second-order valence-electron chi connectivity index (χ2n) is 4.12. The molecule has 1 aromatic rings. The first-order chi connectivity index (χ1) is 7.18. The molecule has 2 N–H and O–H groups in total. The lowest BCUT2D eigenvalue weighted by atomic mass is 9.89. The van der Waals surface area contributed by atoms with Crippen molar-refractivity contribution in [2.75, 3.05) is 13.1 Å². The fourth-order valence-electron chi connectivity index (χ4n) is 2.10. The fraction of sp³-hybridized carbons (Fsp3) is 0.417. The Labute approximate surface area is 101 Å². The molecule has 2 rings (SSSR count). The number of benzene rings is 1. The van der Waals surface area contributed by atoms with Crippen LogP contribution in [0.3, 0.4) is 0 Å². The van der Waals surface area contributed by atoms with E-state index in [9.17, 15) is 4.79 Å². The first kappa shape index (κ1) is 13.0. The average molecular weight is 242 g/mol. The van der Waals surface area contributed by atoms with E-state index in [-0.39, 0.29) is 24.2 Å². The quantitative estimate of drug-likeness (QED) is 0.830. The third-order valence-electron chi connectivity index (χ3n) is 3.04. The van der Waals surface area contributed by atoms with Crippen LogP contribution in [0.4, 0.5) is 0 Å². The van der Waals surface area contributed by atoms with Crippen LogP contribution in [0.25, 0.3) is 0 Å². The predicted molar refractivity (Wildman–Crippen MR) is 65.2 cm³/mol. The van der Waals surface area contributed by atoms with Crippen LogP contribution >= 0.6 is 12.4 Å². The van der Waals surface area contributed by atoms with Crippen LogP contribution in [-0.2, 0) is 4.79 Å². The van der Waals surface area contributed by atoms with E-state index in [0.717, 1.165) is 12.1 Å². The van der Waals surface area contributed by atoms with Gasteiger partial charge in [-0.15, -0.1) is 12.4 Å². The Balaban J connectivity index is 0.00000128. The molecule has 3 nitrogen and oxygen atoms in total. The maximum atomic E-state index is 11.0. The molecule has 0 spiro atoms. The van der Waals surface area contributed by atoms with Gasteiger partial charge in [0.2, 0.25) is 0 Å². The number of rotatable bonds is 2. The first-order valence-corrected chi connectivity index (χ1v) is 5.18. The van der Waals surface area contributed by atoms with E-state index in [1.165, 1.54) is 5.56 Å². The molecule has 0 bridgehead atoms. The minimum atomic E-state index is -0.703. The Morgan fingerprint density at radius 1 is 1.31 bits per heavy atom. The van der Waals surface area contributed by atoms with Crippen LogP contribution in [0.1, 0.15) is 17.0 Å². The summed E-state index contributed by atoms with van der Waals surface area (Å²) in [6.07, 6.45) is 0. The van der Waals surface area contributed by atoms with Crippen molar-refractivity contribution >= 4 is 18.4 Å². The molecule has 2 unspecified atom stereocenters. The number of carboxylic acids is 1. The van der Waals surface area contributed by atoms with Crippen LogP contribution in [-0.4, -0.2) is 24.2 Å². The van der Waals surface area contributed by atoms with Crippen molar-refractivity contribution in [1.82, 2.24) is 5.32 Å². The van der Waals surface area contributed by atoms with Crippen molar-refractivity contribution in [2.45, 2.75) is 12.8 Å². The molecule has 88 valence electrons. The lowest BCUT2D eigenvalue weighted by Crippen LogP contribution is -2.20. The molecule has 0 saturated carbocycles. The minimum absolute atomic E-state index is 0. The summed E-state index contributed by atoms with van der Waals surface area (Å²) in [5, 5.41) is 12.2. The molecule has 1 heterocycles. The minimum Gasteiger partial charge on any atom is -0.481 e. The molecule has 1 fully saturated rings. The number of carboxylic acid groups (broad SMARTS) is 1. The molecule has 0 amide bonds. The van der Waals surface area contributed by atoms with Gasteiger partial charge >= 0.3 is 5.97 Å². The summed E-state index contributed by atoms with van der Waals surface area (Å²) < 4.78 is 0. The van der Waals surface area contributed by atoms with Gasteiger partial charge < -0.3 is 10.4 Å². The van der Waals surface area contributed by atoms with Gasteiger partial charge in [0, 0.05) is 19.0 Å². The standard InChI is InChI=1S/C12H15NO2.ClH/c1-8-2-4-9(5-3-8)10-6-13-7-11(10)12(14)15;/h2-5,10-11,13H,6-7H2,1H3,(H,14,15);1H. The zero-order valence-corrected chi connectivity index (χ0v) is 9.96. The van der Waals surface area contributed by atoms with Crippen molar-refractivity contribution in [3.63, 3.8) is 0 Å². The Bertz CT molecular complexity index is 364. The molecule has 1 saturated heterocycles. The van der Waals surface area contributed by atoms with Crippen molar-refractivity contribution in [3.05, 3.63) is 35.4 Å². The third kappa shape index (κ3) is 2.54. The number of aryl methyl sites for hydroxylation is 1. The number of carbonyl (C=O) groups is 1. The molecule has 1 aliphatic rings. The predicted octanol–water partition coefficient (Wildman–Crippen LogP) is 1.80. The monoisotopic (exact) mass is 241 g/mol. The zero-order valence-electron chi connectivity index (χ0n) is 9.14. The molecular formula is C12H16ClNO2. The Morgan fingerprint density at radius 2 is 1.94 bits per heavy atom. The smallest absolute Gasteiger partial charge is 0.308 e. The molecule has 1 aromatic carbocycles. The van der Waals surface area contributed by atoms with Gasteiger partial charge in [-0.05, 0) is 12.5 Å². The number of hydrogen-bond acceptors (Lipinski definition) is 2. The van der Waals surface area contributed by atoms with E-state index in [2.05, 4.69) is 5.32 Å². The van der Waals surface area contributed by atoms with Crippen LogP contribution < -0.4 is 5.32 Å². The summed E-state index contributed by atoms with van der Waals surface area (Å²) in [5.41, 5.74) is 2.33. The Hall–Kier alpha value is -1.06. The van der Waals surface area contributed by atoms with Crippen molar-refractivity contribution < 1.29 is 9.90 Å². The zero-order chi connectivity index (χ0) is 10.8. The van der Waals surface area contributed by atoms with Crippen LogP contribution in [0, 0.1) is 12.8 Å². The normalized spacial score (nSPS) is 23.8. The highest BCUT2D eigenvalue weighted by molar-refractivity contribution is 5.85. The topological polar surface area (TPSA) is 49.3 Å². The van der Waals surface area contributed by atoms with E-state index in [1.807, 2.05) is 31.2 Å². The highest BCUT2D eigenvalue weighted by Crippen LogP contribution is 2.28. The van der Waals surface area contributed by atoms with E-state index >= 15 is 0 Å². The van der Waals surface area contributed by atoms with Gasteiger partial charge in [0.15, 0.2) is 0 Å². The van der Waals surface area contributed by atoms with Gasteiger partial charge in [-0.25, -0.2) is 0 Å². The average Bonchev–Trinajstić information content (AvgIpc) is 2.67. The van der Waals surface area contributed by atoms with Crippen LogP contribution in [0.2, 0.25) is 0 Å².